The van der Waals surface area contributed by atoms with Crippen LogP contribution in [0.5, 0.6) is 0 Å². The molecule has 0 unspecified atom stereocenters. The molecule has 6 aromatic rings. The van der Waals surface area contributed by atoms with E-state index in [-0.39, 0.29) is 0 Å². The Hall–Kier alpha value is -3.72. The van der Waals surface area contributed by atoms with Gasteiger partial charge < -0.3 is 14.2 Å². The maximum absolute atomic E-state index is 2.45. The molecule has 29 heavy (non-hydrogen) atoms. The first kappa shape index (κ1) is 15.2. The molecule has 1 aliphatic rings. The summed E-state index contributed by atoms with van der Waals surface area (Å²) in [7, 11) is 2.17. The molecule has 4 aromatic carbocycles. The van der Waals surface area contributed by atoms with Gasteiger partial charge in [-0.2, -0.15) is 0 Å². The molecule has 0 bridgehead atoms. The molecule has 3 nitrogen and oxygen atoms in total. The quantitative estimate of drug-likeness (QED) is 0.331. The number of aromatic nitrogens is 1. The Morgan fingerprint density at radius 1 is 0.586 bits per heavy atom. The van der Waals surface area contributed by atoms with Gasteiger partial charge in [-0.3, -0.25) is 0 Å². The molecule has 3 heteroatoms. The van der Waals surface area contributed by atoms with Gasteiger partial charge in [-0.05, 0) is 30.3 Å². The van der Waals surface area contributed by atoms with Crippen molar-refractivity contribution in [3.05, 3.63) is 84.9 Å². The smallest absolute Gasteiger partial charge is 0.0950 e. The molecule has 0 atom stereocenters. The Morgan fingerprint density at radius 2 is 1.24 bits per heavy atom. The van der Waals surface area contributed by atoms with Crippen molar-refractivity contribution in [3.8, 4) is 0 Å². The van der Waals surface area contributed by atoms with E-state index >= 15 is 0 Å². The number of nitrogens with zero attached hydrogens (tertiary/aromatic N) is 3. The van der Waals surface area contributed by atoms with Gasteiger partial charge in [0, 0.05) is 28.6 Å². The zero-order chi connectivity index (χ0) is 19.1. The number of benzene rings is 4. The van der Waals surface area contributed by atoms with E-state index in [4.69, 9.17) is 0 Å². The molecule has 7 rings (SSSR count). The molecule has 0 spiro atoms. The Bertz CT molecular complexity index is 1560. The van der Waals surface area contributed by atoms with E-state index < -0.39 is 0 Å². The lowest BCUT2D eigenvalue weighted by Gasteiger charge is -2.21. The third-order valence-corrected chi connectivity index (χ3v) is 6.45. The second-order valence-corrected chi connectivity index (χ2v) is 7.98. The van der Waals surface area contributed by atoms with Crippen molar-refractivity contribution < 1.29 is 0 Å². The van der Waals surface area contributed by atoms with Crippen molar-refractivity contribution in [2.24, 2.45) is 0 Å². The average Bonchev–Trinajstić information content (AvgIpc) is 3.41. The van der Waals surface area contributed by atoms with Crippen LogP contribution >= 0.6 is 0 Å². The molecule has 0 aliphatic carbocycles. The minimum Gasteiger partial charge on any atom is -0.355 e. The van der Waals surface area contributed by atoms with Crippen molar-refractivity contribution in [2.45, 2.75) is 0 Å². The lowest BCUT2D eigenvalue weighted by Crippen LogP contribution is -2.24. The fourth-order valence-electron chi connectivity index (χ4n) is 5.27. The highest BCUT2D eigenvalue weighted by atomic mass is 15.4. The minimum atomic E-state index is 0.863. The summed E-state index contributed by atoms with van der Waals surface area (Å²) in [6.07, 6.45) is 0. The van der Waals surface area contributed by atoms with Gasteiger partial charge in [0.1, 0.15) is 0 Å². The fourth-order valence-corrected chi connectivity index (χ4v) is 5.27. The lowest BCUT2D eigenvalue weighted by molar-refractivity contribution is 0.953. The molecule has 0 radical (unpaired) electrons. The van der Waals surface area contributed by atoms with Gasteiger partial charge >= 0.3 is 0 Å². The Morgan fingerprint density at radius 3 is 2.17 bits per heavy atom. The van der Waals surface area contributed by atoms with Crippen LogP contribution in [-0.4, -0.2) is 18.1 Å². The first-order valence-electron chi connectivity index (χ1n) is 10.1. The van der Waals surface area contributed by atoms with E-state index in [1.807, 2.05) is 0 Å². The maximum atomic E-state index is 2.45. The van der Waals surface area contributed by atoms with Crippen LogP contribution in [0.3, 0.4) is 0 Å². The number of para-hydroxylation sites is 4. The van der Waals surface area contributed by atoms with Crippen molar-refractivity contribution in [1.82, 2.24) is 4.40 Å². The maximum Gasteiger partial charge on any atom is 0.0950 e. The standard InChI is InChI=1S/C26H19N3/c1-27-16-28(22-13-5-4-12-21(22)27)23-14-7-15-24-25(23)19-10-6-9-18-17-8-2-3-11-20(17)29(24)26(18)19/h2-15H,16H2,1H3. The summed E-state index contributed by atoms with van der Waals surface area (Å²) < 4.78 is 2.45. The van der Waals surface area contributed by atoms with Gasteiger partial charge in [0.15, 0.2) is 0 Å². The highest BCUT2D eigenvalue weighted by Gasteiger charge is 2.27. The topological polar surface area (TPSA) is 10.9 Å². The highest BCUT2D eigenvalue weighted by molar-refractivity contribution is 6.26. The molecule has 0 amide bonds. The van der Waals surface area contributed by atoms with Gasteiger partial charge in [-0.15, -0.1) is 0 Å². The molecule has 0 N–H and O–H groups in total. The third kappa shape index (κ3) is 1.78. The number of hydrogen-bond donors (Lipinski definition) is 0. The second-order valence-electron chi connectivity index (χ2n) is 7.98. The molecular formula is C26H19N3. The number of rotatable bonds is 1. The average molecular weight is 373 g/mol. The summed E-state index contributed by atoms with van der Waals surface area (Å²) in [6.45, 7) is 0.863. The largest absolute Gasteiger partial charge is 0.355 e. The first-order chi connectivity index (χ1) is 14.3. The summed E-state index contributed by atoms with van der Waals surface area (Å²) in [4.78, 5) is 4.77. The van der Waals surface area contributed by atoms with Crippen LogP contribution in [0, 0.1) is 0 Å². The van der Waals surface area contributed by atoms with E-state index in [0.29, 0.717) is 0 Å². The normalized spacial score (nSPS) is 14.1. The number of hydrogen-bond acceptors (Lipinski definition) is 2. The monoisotopic (exact) mass is 373 g/mol. The van der Waals surface area contributed by atoms with Crippen LogP contribution in [0.1, 0.15) is 0 Å². The van der Waals surface area contributed by atoms with Crippen molar-refractivity contribution in [3.63, 3.8) is 0 Å². The van der Waals surface area contributed by atoms with Gasteiger partial charge in [0.05, 0.1) is 40.3 Å². The Labute approximate surface area is 168 Å². The van der Waals surface area contributed by atoms with Crippen molar-refractivity contribution in [1.29, 1.82) is 0 Å². The SMILES string of the molecule is CN1CN(c2cccc3c2c2cccc4c5ccccc5n3c42)c2ccccc21. The van der Waals surface area contributed by atoms with E-state index in [1.54, 1.807) is 0 Å². The summed E-state index contributed by atoms with van der Waals surface area (Å²) in [5.74, 6) is 0. The predicted molar refractivity (Wildman–Crippen MR) is 123 cm³/mol. The van der Waals surface area contributed by atoms with E-state index in [9.17, 15) is 0 Å². The molecule has 3 heterocycles. The lowest BCUT2D eigenvalue weighted by atomic mass is 10.1. The van der Waals surface area contributed by atoms with Crippen LogP contribution in [0.15, 0.2) is 84.9 Å². The first-order valence-corrected chi connectivity index (χ1v) is 10.1. The van der Waals surface area contributed by atoms with E-state index in [0.717, 1.165) is 6.67 Å². The molecular weight excluding hydrogens is 354 g/mol. The van der Waals surface area contributed by atoms with E-state index in [1.165, 1.54) is 55.2 Å². The fraction of sp³-hybridized carbons (Fsp3) is 0.0769. The van der Waals surface area contributed by atoms with Crippen LogP contribution in [0.25, 0.3) is 38.1 Å². The minimum absolute atomic E-state index is 0.863. The van der Waals surface area contributed by atoms with Gasteiger partial charge in [-0.25, -0.2) is 0 Å². The summed E-state index contributed by atoms with van der Waals surface area (Å²) in [5.41, 5.74) is 7.73. The van der Waals surface area contributed by atoms with Gasteiger partial charge in [0.25, 0.3) is 0 Å². The van der Waals surface area contributed by atoms with Crippen molar-refractivity contribution >= 4 is 55.2 Å². The van der Waals surface area contributed by atoms with Crippen molar-refractivity contribution in [2.75, 3.05) is 23.5 Å². The Balaban J connectivity index is 1.65. The van der Waals surface area contributed by atoms with Crippen LogP contribution in [-0.2, 0) is 0 Å². The van der Waals surface area contributed by atoms with Gasteiger partial charge in [0.2, 0.25) is 0 Å². The molecule has 0 saturated carbocycles. The Kier molecular flexibility index (Phi) is 2.73. The van der Waals surface area contributed by atoms with E-state index in [2.05, 4.69) is 106 Å². The highest BCUT2D eigenvalue weighted by Crippen LogP contribution is 2.46. The van der Waals surface area contributed by atoms with Gasteiger partial charge in [-0.1, -0.05) is 54.6 Å². The number of anilines is 3. The zero-order valence-corrected chi connectivity index (χ0v) is 16.1. The molecule has 1 aliphatic heterocycles. The third-order valence-electron chi connectivity index (χ3n) is 6.45. The predicted octanol–water partition coefficient (Wildman–Crippen LogP) is 6.38. The molecule has 0 saturated heterocycles. The van der Waals surface area contributed by atoms with Crippen LogP contribution in [0.2, 0.25) is 0 Å². The summed E-state index contributed by atoms with van der Waals surface area (Å²) in [6, 6.07) is 30.9. The molecule has 0 fully saturated rings. The molecule has 2 aromatic heterocycles. The summed E-state index contributed by atoms with van der Waals surface area (Å²) >= 11 is 0. The number of fused-ring (bicyclic) bond motifs is 7. The molecule has 138 valence electrons. The van der Waals surface area contributed by atoms with Crippen LogP contribution in [0.4, 0.5) is 17.1 Å². The van der Waals surface area contributed by atoms with Crippen LogP contribution < -0.4 is 9.80 Å². The zero-order valence-electron chi connectivity index (χ0n) is 16.1. The second kappa shape index (κ2) is 5.21. The summed E-state index contributed by atoms with van der Waals surface area (Å²) in [5, 5.41) is 5.33.